The molecule has 2 aromatic heterocycles. The molecule has 3 aromatic rings. The van der Waals surface area contributed by atoms with Gasteiger partial charge in [0.2, 0.25) is 0 Å². The Labute approximate surface area is 174 Å². The van der Waals surface area contributed by atoms with E-state index in [2.05, 4.69) is 15.4 Å². The van der Waals surface area contributed by atoms with Crippen LogP contribution in [0.4, 0.5) is 0 Å². The molecule has 4 rings (SSSR count). The van der Waals surface area contributed by atoms with Gasteiger partial charge in [-0.05, 0) is 68.1 Å². The van der Waals surface area contributed by atoms with Gasteiger partial charge in [0.25, 0.3) is 0 Å². The number of carbonyl (C=O) groups is 1. The Morgan fingerprint density at radius 2 is 2.00 bits per heavy atom. The van der Waals surface area contributed by atoms with E-state index in [4.69, 9.17) is 11.6 Å². The third kappa shape index (κ3) is 4.33. The first kappa shape index (κ1) is 19.6. The standard InChI is InChI=1S/C22H23ClN4O2/c23-17-5-2-15(3-6-17)8-11-24-10-1-13-27-21(22(28)29)19-7-4-16-14-25-12-9-18(16)20(19)26-27/h2-3,5-6,9,12,14,24H,1,4,7-8,10-11,13H2,(H,28,29). The number of pyridine rings is 1. The van der Waals surface area contributed by atoms with Crippen molar-refractivity contribution >= 4 is 17.6 Å². The lowest BCUT2D eigenvalue weighted by atomic mass is 9.90. The first-order valence-electron chi connectivity index (χ1n) is 9.85. The van der Waals surface area contributed by atoms with Crippen molar-refractivity contribution < 1.29 is 9.90 Å². The molecule has 0 amide bonds. The van der Waals surface area contributed by atoms with Gasteiger partial charge in [-0.15, -0.1) is 0 Å². The number of carboxylic acid groups (broad SMARTS) is 1. The second-order valence-corrected chi connectivity index (χ2v) is 7.65. The molecule has 0 aliphatic heterocycles. The Hall–Kier alpha value is -2.70. The predicted molar refractivity (Wildman–Crippen MR) is 112 cm³/mol. The molecular formula is C22H23ClN4O2. The fourth-order valence-electron chi connectivity index (χ4n) is 3.83. The third-order valence-electron chi connectivity index (χ3n) is 5.28. The number of carboxylic acids is 1. The Morgan fingerprint density at radius 1 is 1.17 bits per heavy atom. The SMILES string of the molecule is O=C(O)c1c2c(nn1CCCNCCc1ccc(Cl)cc1)-c1ccncc1CC2. The van der Waals surface area contributed by atoms with Crippen LogP contribution in [0.5, 0.6) is 0 Å². The van der Waals surface area contributed by atoms with E-state index in [1.54, 1.807) is 10.9 Å². The molecule has 2 N–H and O–H groups in total. The van der Waals surface area contributed by atoms with Crippen molar-refractivity contribution in [1.82, 2.24) is 20.1 Å². The molecule has 150 valence electrons. The Balaban J connectivity index is 1.36. The van der Waals surface area contributed by atoms with Crippen LogP contribution in [-0.4, -0.2) is 38.9 Å². The molecule has 0 spiro atoms. The van der Waals surface area contributed by atoms with Crippen LogP contribution in [0.15, 0.2) is 42.7 Å². The summed E-state index contributed by atoms with van der Waals surface area (Å²) in [5.74, 6) is -0.910. The monoisotopic (exact) mass is 410 g/mol. The highest BCUT2D eigenvalue weighted by molar-refractivity contribution is 6.30. The molecule has 1 aromatic carbocycles. The van der Waals surface area contributed by atoms with Gasteiger partial charge < -0.3 is 10.4 Å². The van der Waals surface area contributed by atoms with Crippen molar-refractivity contribution in [2.24, 2.45) is 0 Å². The van der Waals surface area contributed by atoms with Crippen molar-refractivity contribution in [3.05, 3.63) is 70.1 Å². The number of aromatic carboxylic acids is 1. The number of rotatable bonds is 8. The van der Waals surface area contributed by atoms with Gasteiger partial charge in [0.05, 0.1) is 5.69 Å². The second-order valence-electron chi connectivity index (χ2n) is 7.22. The molecule has 0 saturated heterocycles. The highest BCUT2D eigenvalue weighted by Crippen LogP contribution is 2.34. The Kier molecular flexibility index (Phi) is 5.92. The largest absolute Gasteiger partial charge is 0.477 e. The number of aryl methyl sites for hydroxylation is 2. The normalized spacial score (nSPS) is 12.4. The van der Waals surface area contributed by atoms with Crippen molar-refractivity contribution in [3.63, 3.8) is 0 Å². The lowest BCUT2D eigenvalue weighted by molar-refractivity contribution is 0.0681. The minimum atomic E-state index is -0.910. The van der Waals surface area contributed by atoms with Gasteiger partial charge in [0.1, 0.15) is 5.69 Å². The van der Waals surface area contributed by atoms with Crippen LogP contribution in [-0.2, 0) is 25.8 Å². The van der Waals surface area contributed by atoms with E-state index in [0.29, 0.717) is 18.7 Å². The summed E-state index contributed by atoms with van der Waals surface area (Å²) in [6, 6.07) is 9.79. The lowest BCUT2D eigenvalue weighted by Gasteiger charge is -2.14. The minimum absolute atomic E-state index is 0.323. The first-order chi connectivity index (χ1) is 14.1. The smallest absolute Gasteiger partial charge is 0.354 e. The Bertz CT molecular complexity index is 1010. The van der Waals surface area contributed by atoms with Gasteiger partial charge >= 0.3 is 5.97 Å². The molecule has 2 heterocycles. The van der Waals surface area contributed by atoms with Gasteiger partial charge in [-0.1, -0.05) is 23.7 Å². The molecule has 1 aliphatic rings. The van der Waals surface area contributed by atoms with E-state index in [9.17, 15) is 9.90 Å². The molecule has 0 unspecified atom stereocenters. The quantitative estimate of drug-likeness (QED) is 0.554. The van der Waals surface area contributed by atoms with Crippen molar-refractivity contribution in [2.75, 3.05) is 13.1 Å². The van der Waals surface area contributed by atoms with E-state index in [0.717, 1.165) is 59.8 Å². The van der Waals surface area contributed by atoms with Crippen molar-refractivity contribution in [3.8, 4) is 11.3 Å². The third-order valence-corrected chi connectivity index (χ3v) is 5.54. The summed E-state index contributed by atoms with van der Waals surface area (Å²) in [7, 11) is 0. The summed E-state index contributed by atoms with van der Waals surface area (Å²) in [5, 5.41) is 18.6. The maximum atomic E-state index is 11.9. The van der Waals surface area contributed by atoms with Gasteiger partial charge in [0.15, 0.2) is 0 Å². The highest BCUT2D eigenvalue weighted by Gasteiger charge is 2.27. The Morgan fingerprint density at radius 3 is 2.79 bits per heavy atom. The van der Waals surface area contributed by atoms with E-state index in [-0.39, 0.29) is 0 Å². The summed E-state index contributed by atoms with van der Waals surface area (Å²) in [4.78, 5) is 16.1. The summed E-state index contributed by atoms with van der Waals surface area (Å²) >= 11 is 5.90. The van der Waals surface area contributed by atoms with Crippen LogP contribution in [0.1, 0.15) is 33.6 Å². The lowest BCUT2D eigenvalue weighted by Crippen LogP contribution is -2.21. The number of hydrogen-bond acceptors (Lipinski definition) is 4. The maximum Gasteiger partial charge on any atom is 0.354 e. The highest BCUT2D eigenvalue weighted by atomic mass is 35.5. The topological polar surface area (TPSA) is 80.0 Å². The molecule has 0 atom stereocenters. The number of fused-ring (bicyclic) bond motifs is 3. The molecule has 7 heteroatoms. The molecule has 0 bridgehead atoms. The zero-order chi connectivity index (χ0) is 20.2. The van der Waals surface area contributed by atoms with Crippen LogP contribution in [0, 0.1) is 0 Å². The van der Waals surface area contributed by atoms with E-state index < -0.39 is 5.97 Å². The van der Waals surface area contributed by atoms with Crippen LogP contribution < -0.4 is 5.32 Å². The van der Waals surface area contributed by atoms with E-state index >= 15 is 0 Å². The zero-order valence-corrected chi connectivity index (χ0v) is 16.8. The molecular weight excluding hydrogens is 388 g/mol. The average Bonchev–Trinajstić information content (AvgIpc) is 3.11. The number of nitrogens with one attached hydrogen (secondary N) is 1. The van der Waals surface area contributed by atoms with Crippen LogP contribution in [0.25, 0.3) is 11.3 Å². The summed E-state index contributed by atoms with van der Waals surface area (Å²) < 4.78 is 1.66. The summed E-state index contributed by atoms with van der Waals surface area (Å²) in [6.45, 7) is 2.24. The summed E-state index contributed by atoms with van der Waals surface area (Å²) in [6.07, 6.45) is 6.81. The number of aromatic nitrogens is 3. The molecule has 29 heavy (non-hydrogen) atoms. The summed E-state index contributed by atoms with van der Waals surface area (Å²) in [5.41, 5.74) is 5.33. The number of hydrogen-bond donors (Lipinski definition) is 2. The molecule has 0 saturated carbocycles. The zero-order valence-electron chi connectivity index (χ0n) is 16.1. The van der Waals surface area contributed by atoms with E-state index in [1.165, 1.54) is 5.56 Å². The first-order valence-corrected chi connectivity index (χ1v) is 10.2. The van der Waals surface area contributed by atoms with Gasteiger partial charge in [-0.25, -0.2) is 4.79 Å². The van der Waals surface area contributed by atoms with Crippen LogP contribution in [0.2, 0.25) is 5.02 Å². The molecule has 1 aliphatic carbocycles. The van der Waals surface area contributed by atoms with Gasteiger partial charge in [-0.3, -0.25) is 9.67 Å². The average molecular weight is 411 g/mol. The molecule has 0 radical (unpaired) electrons. The number of nitrogens with zero attached hydrogens (tertiary/aromatic N) is 3. The van der Waals surface area contributed by atoms with Crippen molar-refractivity contribution in [2.45, 2.75) is 32.2 Å². The number of halogens is 1. The number of benzene rings is 1. The minimum Gasteiger partial charge on any atom is -0.477 e. The molecule has 6 nitrogen and oxygen atoms in total. The van der Waals surface area contributed by atoms with Crippen molar-refractivity contribution in [1.29, 1.82) is 0 Å². The van der Waals surface area contributed by atoms with Gasteiger partial charge in [0, 0.05) is 35.1 Å². The maximum absolute atomic E-state index is 11.9. The fourth-order valence-corrected chi connectivity index (χ4v) is 3.96. The van der Waals surface area contributed by atoms with E-state index in [1.807, 2.05) is 36.5 Å². The predicted octanol–water partition coefficient (Wildman–Crippen LogP) is 3.62. The van der Waals surface area contributed by atoms with Gasteiger partial charge in [-0.2, -0.15) is 5.10 Å². The van der Waals surface area contributed by atoms with Crippen LogP contribution in [0.3, 0.4) is 0 Å². The second kappa shape index (κ2) is 8.76. The molecule has 0 fully saturated rings. The van der Waals surface area contributed by atoms with Crippen LogP contribution >= 0.6 is 11.6 Å². The fraction of sp³-hybridized carbons (Fsp3) is 0.318.